The number of anilines is 2. The Balaban J connectivity index is 1.98. The SMILES string of the molecule is CCOCc1nc(NN)cc(NCC2CCCN2C)n1. The van der Waals surface area contributed by atoms with Crippen molar-refractivity contribution in [3.05, 3.63) is 11.9 Å². The van der Waals surface area contributed by atoms with Gasteiger partial charge in [-0.15, -0.1) is 0 Å². The minimum absolute atomic E-state index is 0.393. The Morgan fingerprint density at radius 2 is 2.25 bits per heavy atom. The maximum Gasteiger partial charge on any atom is 0.158 e. The van der Waals surface area contributed by atoms with Crippen LogP contribution in [0, 0.1) is 0 Å². The number of nitrogens with zero attached hydrogens (tertiary/aromatic N) is 3. The molecule has 0 aliphatic carbocycles. The van der Waals surface area contributed by atoms with E-state index >= 15 is 0 Å². The highest BCUT2D eigenvalue weighted by atomic mass is 16.5. The highest BCUT2D eigenvalue weighted by molar-refractivity contribution is 5.46. The molecule has 1 aliphatic heterocycles. The van der Waals surface area contributed by atoms with E-state index in [1.807, 2.05) is 13.0 Å². The fourth-order valence-corrected chi connectivity index (χ4v) is 2.38. The topological polar surface area (TPSA) is 88.3 Å². The van der Waals surface area contributed by atoms with Gasteiger partial charge < -0.3 is 20.4 Å². The number of hydrogen-bond donors (Lipinski definition) is 3. The molecule has 1 unspecified atom stereocenters. The molecular weight excluding hydrogens is 256 g/mol. The molecule has 0 saturated carbocycles. The molecule has 2 heterocycles. The minimum Gasteiger partial charge on any atom is -0.374 e. The van der Waals surface area contributed by atoms with Crippen molar-refractivity contribution in [3.8, 4) is 0 Å². The normalized spacial score (nSPS) is 19.2. The van der Waals surface area contributed by atoms with E-state index in [0.717, 1.165) is 12.4 Å². The standard InChI is InChI=1S/C13H24N6O/c1-3-20-9-13-16-11(7-12(17-13)18-14)15-8-10-5-4-6-19(10)2/h7,10H,3-6,8-9,14H2,1-2H3,(H2,15,16,17,18). The second kappa shape index (κ2) is 7.37. The molecule has 20 heavy (non-hydrogen) atoms. The van der Waals surface area contributed by atoms with E-state index in [4.69, 9.17) is 10.6 Å². The third-order valence-corrected chi connectivity index (χ3v) is 3.55. The largest absolute Gasteiger partial charge is 0.374 e. The summed E-state index contributed by atoms with van der Waals surface area (Å²) in [6.07, 6.45) is 2.49. The predicted molar refractivity (Wildman–Crippen MR) is 79.3 cm³/mol. The summed E-state index contributed by atoms with van der Waals surface area (Å²) < 4.78 is 5.34. The Labute approximate surface area is 119 Å². The fraction of sp³-hybridized carbons (Fsp3) is 0.692. The van der Waals surface area contributed by atoms with Gasteiger partial charge in [0.05, 0.1) is 0 Å². The summed E-state index contributed by atoms with van der Waals surface area (Å²) in [5.41, 5.74) is 2.56. The van der Waals surface area contributed by atoms with Gasteiger partial charge in [-0.1, -0.05) is 0 Å². The quantitative estimate of drug-likeness (QED) is 0.503. The van der Waals surface area contributed by atoms with E-state index in [0.29, 0.717) is 30.9 Å². The van der Waals surface area contributed by atoms with Gasteiger partial charge in [0.1, 0.15) is 18.2 Å². The van der Waals surface area contributed by atoms with Gasteiger partial charge in [-0.2, -0.15) is 0 Å². The highest BCUT2D eigenvalue weighted by Crippen LogP contribution is 2.16. The van der Waals surface area contributed by atoms with Crippen LogP contribution in [-0.2, 0) is 11.3 Å². The van der Waals surface area contributed by atoms with Crippen LogP contribution in [0.2, 0.25) is 0 Å². The molecule has 112 valence electrons. The van der Waals surface area contributed by atoms with E-state index in [9.17, 15) is 0 Å². The average Bonchev–Trinajstić information content (AvgIpc) is 2.88. The van der Waals surface area contributed by atoms with Crippen molar-refractivity contribution < 1.29 is 4.74 Å². The molecule has 7 nitrogen and oxygen atoms in total. The van der Waals surface area contributed by atoms with Crippen LogP contribution in [0.4, 0.5) is 11.6 Å². The highest BCUT2D eigenvalue weighted by Gasteiger charge is 2.20. The molecule has 0 radical (unpaired) electrons. The lowest BCUT2D eigenvalue weighted by atomic mass is 10.2. The van der Waals surface area contributed by atoms with Crippen LogP contribution < -0.4 is 16.6 Å². The molecule has 0 amide bonds. The zero-order chi connectivity index (χ0) is 14.4. The zero-order valence-electron chi connectivity index (χ0n) is 12.2. The molecule has 4 N–H and O–H groups in total. The van der Waals surface area contributed by atoms with E-state index in [1.54, 1.807) is 0 Å². The van der Waals surface area contributed by atoms with Gasteiger partial charge in [0.15, 0.2) is 5.82 Å². The van der Waals surface area contributed by atoms with Gasteiger partial charge in [0.2, 0.25) is 0 Å². The van der Waals surface area contributed by atoms with Crippen LogP contribution in [0.25, 0.3) is 0 Å². The first-order chi connectivity index (χ1) is 9.72. The van der Waals surface area contributed by atoms with Gasteiger partial charge in [0.25, 0.3) is 0 Å². The number of likely N-dealkylation sites (tertiary alicyclic amines) is 1. The van der Waals surface area contributed by atoms with Gasteiger partial charge in [-0.3, -0.25) is 0 Å². The minimum atomic E-state index is 0.393. The Bertz CT molecular complexity index is 427. The number of rotatable bonds is 7. The molecule has 1 aliphatic rings. The fourth-order valence-electron chi connectivity index (χ4n) is 2.38. The van der Waals surface area contributed by atoms with Crippen LogP contribution in [0.5, 0.6) is 0 Å². The van der Waals surface area contributed by atoms with E-state index in [1.165, 1.54) is 19.4 Å². The second-order valence-corrected chi connectivity index (χ2v) is 4.99. The molecule has 0 spiro atoms. The summed E-state index contributed by atoms with van der Waals surface area (Å²) in [7, 11) is 2.16. The molecule has 1 saturated heterocycles. The molecule has 7 heteroatoms. The summed E-state index contributed by atoms with van der Waals surface area (Å²) in [5, 5.41) is 3.36. The van der Waals surface area contributed by atoms with Crippen molar-refractivity contribution in [1.29, 1.82) is 0 Å². The number of nitrogens with one attached hydrogen (secondary N) is 2. The number of ether oxygens (including phenoxy) is 1. The Hall–Kier alpha value is -1.44. The first-order valence-electron chi connectivity index (χ1n) is 7.09. The lowest BCUT2D eigenvalue weighted by molar-refractivity contribution is 0.128. The third kappa shape index (κ3) is 4.03. The summed E-state index contributed by atoms with van der Waals surface area (Å²) in [4.78, 5) is 11.1. The van der Waals surface area contributed by atoms with Crippen molar-refractivity contribution in [2.45, 2.75) is 32.4 Å². The average molecular weight is 280 g/mol. The van der Waals surface area contributed by atoms with Crippen LogP contribution >= 0.6 is 0 Å². The zero-order valence-corrected chi connectivity index (χ0v) is 12.2. The summed E-state index contributed by atoms with van der Waals surface area (Å²) in [5.74, 6) is 7.44. The molecule has 1 aromatic heterocycles. The van der Waals surface area contributed by atoms with Crippen LogP contribution in [0.15, 0.2) is 6.07 Å². The van der Waals surface area contributed by atoms with E-state index in [2.05, 4.69) is 32.7 Å². The smallest absolute Gasteiger partial charge is 0.158 e. The number of hydrogen-bond acceptors (Lipinski definition) is 7. The predicted octanol–water partition coefficient (Wildman–Crippen LogP) is 0.805. The summed E-state index contributed by atoms with van der Waals surface area (Å²) in [6, 6.07) is 2.37. The van der Waals surface area contributed by atoms with Crippen LogP contribution in [0.1, 0.15) is 25.6 Å². The van der Waals surface area contributed by atoms with Crippen LogP contribution in [-0.4, -0.2) is 47.7 Å². The molecule has 1 atom stereocenters. The summed E-state index contributed by atoms with van der Waals surface area (Å²) >= 11 is 0. The molecule has 0 bridgehead atoms. The molecular formula is C13H24N6O. The molecule has 2 rings (SSSR count). The Morgan fingerprint density at radius 1 is 1.45 bits per heavy atom. The third-order valence-electron chi connectivity index (χ3n) is 3.55. The number of aromatic nitrogens is 2. The maximum atomic E-state index is 5.44. The number of likely N-dealkylation sites (N-methyl/N-ethyl adjacent to an activating group) is 1. The first-order valence-corrected chi connectivity index (χ1v) is 7.09. The number of hydrazine groups is 1. The van der Waals surface area contributed by atoms with Gasteiger partial charge in [0, 0.05) is 25.3 Å². The van der Waals surface area contributed by atoms with Crippen molar-refractivity contribution in [1.82, 2.24) is 14.9 Å². The van der Waals surface area contributed by atoms with Gasteiger partial charge in [-0.25, -0.2) is 15.8 Å². The second-order valence-electron chi connectivity index (χ2n) is 4.99. The maximum absolute atomic E-state index is 5.44. The lowest BCUT2D eigenvalue weighted by Gasteiger charge is -2.20. The van der Waals surface area contributed by atoms with E-state index < -0.39 is 0 Å². The number of nitrogens with two attached hydrogens (primary N) is 1. The van der Waals surface area contributed by atoms with Crippen molar-refractivity contribution >= 4 is 11.6 Å². The molecule has 1 aromatic rings. The molecule has 1 fully saturated rings. The Morgan fingerprint density at radius 3 is 2.90 bits per heavy atom. The lowest BCUT2D eigenvalue weighted by Crippen LogP contribution is -2.31. The first kappa shape index (κ1) is 15.0. The Kier molecular flexibility index (Phi) is 5.51. The molecule has 0 aromatic carbocycles. The van der Waals surface area contributed by atoms with Crippen molar-refractivity contribution in [3.63, 3.8) is 0 Å². The van der Waals surface area contributed by atoms with Crippen molar-refractivity contribution in [2.75, 3.05) is 37.5 Å². The van der Waals surface area contributed by atoms with Crippen LogP contribution in [0.3, 0.4) is 0 Å². The van der Waals surface area contributed by atoms with E-state index in [-0.39, 0.29) is 0 Å². The van der Waals surface area contributed by atoms with Gasteiger partial charge in [-0.05, 0) is 33.4 Å². The monoisotopic (exact) mass is 280 g/mol. The number of nitrogen functional groups attached to an aromatic ring is 1. The van der Waals surface area contributed by atoms with Crippen molar-refractivity contribution in [2.24, 2.45) is 5.84 Å². The summed E-state index contributed by atoms with van der Waals surface area (Å²) in [6.45, 7) is 5.02. The van der Waals surface area contributed by atoms with Gasteiger partial charge >= 0.3 is 0 Å².